The van der Waals surface area contributed by atoms with Crippen molar-refractivity contribution in [2.45, 2.75) is 39.3 Å². The Morgan fingerprint density at radius 1 is 0.912 bits per heavy atom. The van der Waals surface area contributed by atoms with Gasteiger partial charge < -0.3 is 19.3 Å². The molecule has 0 spiro atoms. The molecule has 0 unspecified atom stereocenters. The molecule has 0 aromatic heterocycles. The van der Waals surface area contributed by atoms with Crippen LogP contribution in [0, 0.1) is 0 Å². The van der Waals surface area contributed by atoms with Crippen LogP contribution in [0.4, 0.5) is 0 Å². The third-order valence-electron chi connectivity index (χ3n) is 4.74. The SMILES string of the molecule is CCOC1=C(OCC)[C@@H]([C@H](CO)OP(=O)(OCc2ccccc2)OCc2ccccc2)OC1=O. The van der Waals surface area contributed by atoms with E-state index in [1.807, 2.05) is 36.4 Å². The van der Waals surface area contributed by atoms with Gasteiger partial charge in [-0.05, 0) is 25.0 Å². The first kappa shape index (κ1) is 25.9. The molecule has 0 aliphatic carbocycles. The summed E-state index contributed by atoms with van der Waals surface area (Å²) in [5.41, 5.74) is 1.49. The van der Waals surface area contributed by atoms with E-state index in [4.69, 9.17) is 27.8 Å². The number of carbonyl (C=O) groups is 1. The molecule has 0 bridgehead atoms. The van der Waals surface area contributed by atoms with Crippen molar-refractivity contribution >= 4 is 13.8 Å². The molecule has 10 heteroatoms. The monoisotopic (exact) mass is 492 g/mol. The minimum atomic E-state index is -4.25. The topological polar surface area (TPSA) is 110 Å². The van der Waals surface area contributed by atoms with Crippen LogP contribution < -0.4 is 0 Å². The number of hydrogen-bond donors (Lipinski definition) is 1. The summed E-state index contributed by atoms with van der Waals surface area (Å²) in [7, 11) is -4.25. The van der Waals surface area contributed by atoms with E-state index in [2.05, 4.69) is 0 Å². The number of phosphoric ester groups is 1. The highest BCUT2D eigenvalue weighted by molar-refractivity contribution is 7.48. The van der Waals surface area contributed by atoms with Crippen LogP contribution in [0.15, 0.2) is 72.2 Å². The number of ether oxygens (including phenoxy) is 3. The first-order chi connectivity index (χ1) is 16.5. The van der Waals surface area contributed by atoms with Gasteiger partial charge in [0.2, 0.25) is 5.76 Å². The Kier molecular flexibility index (Phi) is 9.68. The number of esters is 1. The predicted molar refractivity (Wildman–Crippen MR) is 122 cm³/mol. The zero-order chi connectivity index (χ0) is 24.4. The molecule has 9 nitrogen and oxygen atoms in total. The van der Waals surface area contributed by atoms with E-state index < -0.39 is 32.6 Å². The van der Waals surface area contributed by atoms with Crippen molar-refractivity contribution in [3.8, 4) is 0 Å². The minimum absolute atomic E-state index is 0.0612. The number of hydrogen-bond acceptors (Lipinski definition) is 9. The standard InChI is InChI=1S/C24H29O9P/c1-3-28-22-21(32-24(26)23(22)29-4-2)20(15-25)33-34(27,30-16-18-11-7-5-8-12-18)31-17-19-13-9-6-10-14-19/h5-14,20-21,25H,3-4,15-17H2,1-2H3/t20-,21+/m0/s1. The molecule has 2 atom stereocenters. The fourth-order valence-electron chi connectivity index (χ4n) is 3.18. The molecule has 0 saturated carbocycles. The van der Waals surface area contributed by atoms with Gasteiger partial charge in [-0.15, -0.1) is 0 Å². The van der Waals surface area contributed by atoms with Gasteiger partial charge in [-0.25, -0.2) is 9.36 Å². The second-order valence-electron chi connectivity index (χ2n) is 7.18. The summed E-state index contributed by atoms with van der Waals surface area (Å²) in [6.07, 6.45) is -2.48. The summed E-state index contributed by atoms with van der Waals surface area (Å²) in [5, 5.41) is 10.0. The number of benzene rings is 2. The van der Waals surface area contributed by atoms with Crippen LogP contribution in [0.25, 0.3) is 0 Å². The van der Waals surface area contributed by atoms with Crippen molar-refractivity contribution in [3.63, 3.8) is 0 Å². The van der Waals surface area contributed by atoms with Crippen molar-refractivity contribution in [1.82, 2.24) is 0 Å². The fourth-order valence-corrected chi connectivity index (χ4v) is 4.50. The van der Waals surface area contributed by atoms with E-state index in [-0.39, 0.29) is 37.9 Å². The second-order valence-corrected chi connectivity index (χ2v) is 8.80. The van der Waals surface area contributed by atoms with Crippen LogP contribution in [0.3, 0.4) is 0 Å². The van der Waals surface area contributed by atoms with Crippen molar-refractivity contribution in [3.05, 3.63) is 83.3 Å². The lowest BCUT2D eigenvalue weighted by Crippen LogP contribution is -2.35. The third-order valence-corrected chi connectivity index (χ3v) is 6.16. The first-order valence-electron chi connectivity index (χ1n) is 11.0. The Morgan fingerprint density at radius 3 is 1.91 bits per heavy atom. The molecule has 34 heavy (non-hydrogen) atoms. The summed E-state index contributed by atoms with van der Waals surface area (Å²) < 4.78 is 46.8. The third kappa shape index (κ3) is 6.91. The molecule has 3 rings (SSSR count). The quantitative estimate of drug-likeness (QED) is 0.308. The Labute approximate surface area is 198 Å². The average molecular weight is 492 g/mol. The molecule has 1 aliphatic rings. The number of aliphatic hydroxyl groups is 1. The van der Waals surface area contributed by atoms with Gasteiger partial charge in [0.25, 0.3) is 0 Å². The second kappa shape index (κ2) is 12.7. The van der Waals surface area contributed by atoms with Crippen LogP contribution >= 0.6 is 7.82 Å². The van der Waals surface area contributed by atoms with Crippen molar-refractivity contribution < 1.29 is 42.2 Å². The highest BCUT2D eigenvalue weighted by Crippen LogP contribution is 2.53. The van der Waals surface area contributed by atoms with Gasteiger partial charge in [-0.3, -0.25) is 13.6 Å². The Morgan fingerprint density at radius 2 is 1.44 bits per heavy atom. The number of rotatable bonds is 14. The molecule has 184 valence electrons. The normalized spacial score (nSPS) is 16.9. The fraction of sp³-hybridized carbons (Fsp3) is 0.375. The lowest BCUT2D eigenvalue weighted by molar-refractivity contribution is -0.148. The average Bonchev–Trinajstić information content (AvgIpc) is 3.17. The summed E-state index contributed by atoms with van der Waals surface area (Å²) in [6.45, 7) is 3.08. The molecule has 2 aromatic carbocycles. The zero-order valence-electron chi connectivity index (χ0n) is 19.1. The molecule has 0 saturated heterocycles. The lowest BCUT2D eigenvalue weighted by Gasteiger charge is -2.26. The molecule has 0 fully saturated rings. The largest absolute Gasteiger partial charge is 0.490 e. The minimum Gasteiger partial charge on any atom is -0.490 e. The van der Waals surface area contributed by atoms with E-state index in [9.17, 15) is 14.5 Å². The highest BCUT2D eigenvalue weighted by Gasteiger charge is 2.46. The first-order valence-corrected chi connectivity index (χ1v) is 12.4. The molecule has 1 heterocycles. The molecule has 1 N–H and O–H groups in total. The lowest BCUT2D eigenvalue weighted by atomic mass is 10.2. The zero-order valence-corrected chi connectivity index (χ0v) is 20.0. The number of cyclic esters (lactones) is 1. The maximum Gasteiger partial charge on any atom is 0.475 e. The van der Waals surface area contributed by atoms with E-state index in [0.717, 1.165) is 11.1 Å². The molecule has 0 radical (unpaired) electrons. The van der Waals surface area contributed by atoms with Gasteiger partial charge in [0.1, 0.15) is 6.10 Å². The van der Waals surface area contributed by atoms with Gasteiger partial charge in [0.05, 0.1) is 33.0 Å². The molecule has 1 aliphatic heterocycles. The van der Waals surface area contributed by atoms with Gasteiger partial charge in [0, 0.05) is 0 Å². The van der Waals surface area contributed by atoms with E-state index in [1.165, 1.54) is 0 Å². The van der Waals surface area contributed by atoms with Crippen LogP contribution in [0.5, 0.6) is 0 Å². The summed E-state index contributed by atoms with van der Waals surface area (Å²) in [4.78, 5) is 12.3. The molecular formula is C24H29O9P. The van der Waals surface area contributed by atoms with Crippen LogP contribution in [0.2, 0.25) is 0 Å². The maximum absolute atomic E-state index is 13.6. The molecule has 2 aromatic rings. The van der Waals surface area contributed by atoms with E-state index in [1.54, 1.807) is 38.1 Å². The highest BCUT2D eigenvalue weighted by atomic mass is 31.2. The summed E-state index contributed by atoms with van der Waals surface area (Å²) in [6, 6.07) is 18.2. The number of phosphoric acid groups is 1. The maximum atomic E-state index is 13.6. The van der Waals surface area contributed by atoms with Crippen molar-refractivity contribution in [1.29, 1.82) is 0 Å². The Bertz CT molecular complexity index is 947. The number of carbonyl (C=O) groups excluding carboxylic acids is 1. The van der Waals surface area contributed by atoms with E-state index in [0.29, 0.717) is 0 Å². The Hall–Kier alpha value is -2.68. The van der Waals surface area contributed by atoms with Crippen molar-refractivity contribution in [2.75, 3.05) is 19.8 Å². The molecular weight excluding hydrogens is 463 g/mol. The van der Waals surface area contributed by atoms with Gasteiger partial charge in [-0.1, -0.05) is 60.7 Å². The van der Waals surface area contributed by atoms with Gasteiger partial charge >= 0.3 is 13.8 Å². The summed E-state index contributed by atoms with van der Waals surface area (Å²) >= 11 is 0. The van der Waals surface area contributed by atoms with Gasteiger partial charge in [-0.2, -0.15) is 0 Å². The van der Waals surface area contributed by atoms with Crippen LogP contribution in [0.1, 0.15) is 25.0 Å². The summed E-state index contributed by atoms with van der Waals surface area (Å²) in [5.74, 6) is -0.810. The van der Waals surface area contributed by atoms with Crippen LogP contribution in [-0.2, 0) is 50.4 Å². The molecule has 0 amide bonds. The van der Waals surface area contributed by atoms with E-state index >= 15 is 0 Å². The van der Waals surface area contributed by atoms with Crippen molar-refractivity contribution in [2.24, 2.45) is 0 Å². The van der Waals surface area contributed by atoms with Gasteiger partial charge in [0.15, 0.2) is 11.9 Å². The Balaban J connectivity index is 1.82. The smallest absolute Gasteiger partial charge is 0.475 e. The van der Waals surface area contributed by atoms with Crippen LogP contribution in [-0.4, -0.2) is 43.1 Å². The number of aliphatic hydroxyl groups excluding tert-OH is 1. The predicted octanol–water partition coefficient (Wildman–Crippen LogP) is 4.12.